The van der Waals surface area contributed by atoms with E-state index in [4.69, 9.17) is 0 Å². The molecule has 0 saturated heterocycles. The van der Waals surface area contributed by atoms with E-state index in [9.17, 15) is 26.0 Å². The van der Waals surface area contributed by atoms with Gasteiger partial charge in [-0.05, 0) is 25.1 Å². The number of nitrogens with one attached hydrogen (secondary N) is 1. The smallest absolute Gasteiger partial charge is 0.245 e. The van der Waals surface area contributed by atoms with Crippen LogP contribution in [0.2, 0.25) is 0 Å². The third-order valence-electron chi connectivity index (χ3n) is 2.66. The SMILES string of the molecule is Cc1nc(CNS(=O)(=O)c2ccc(F)c(C(F)(F)F)c2)cs1. The van der Waals surface area contributed by atoms with Gasteiger partial charge in [-0.2, -0.15) is 13.2 Å². The second kappa shape index (κ2) is 5.94. The molecule has 2 rings (SSSR count). The van der Waals surface area contributed by atoms with Gasteiger partial charge in [0, 0.05) is 5.38 Å². The zero-order valence-electron chi connectivity index (χ0n) is 11.1. The van der Waals surface area contributed by atoms with E-state index in [-0.39, 0.29) is 12.6 Å². The molecule has 0 aliphatic rings. The molecule has 1 N–H and O–H groups in total. The van der Waals surface area contributed by atoms with Crippen molar-refractivity contribution >= 4 is 21.4 Å². The zero-order chi connectivity index (χ0) is 16.5. The summed E-state index contributed by atoms with van der Waals surface area (Å²) in [5, 5.41) is 2.36. The Morgan fingerprint density at radius 2 is 2.00 bits per heavy atom. The molecular formula is C12H10F4N2O2S2. The quantitative estimate of drug-likeness (QED) is 0.859. The monoisotopic (exact) mass is 354 g/mol. The van der Waals surface area contributed by atoms with E-state index in [0.717, 1.165) is 11.1 Å². The molecule has 10 heteroatoms. The Morgan fingerprint density at radius 1 is 1.32 bits per heavy atom. The number of rotatable bonds is 4. The lowest BCUT2D eigenvalue weighted by molar-refractivity contribution is -0.140. The molecule has 22 heavy (non-hydrogen) atoms. The molecule has 0 atom stereocenters. The summed E-state index contributed by atoms with van der Waals surface area (Å²) in [4.78, 5) is 3.37. The van der Waals surface area contributed by atoms with Crippen molar-refractivity contribution < 1.29 is 26.0 Å². The Morgan fingerprint density at radius 3 is 2.55 bits per heavy atom. The maximum absolute atomic E-state index is 13.2. The van der Waals surface area contributed by atoms with E-state index in [1.807, 2.05) is 0 Å². The Balaban J connectivity index is 2.26. The van der Waals surface area contributed by atoms with Gasteiger partial charge in [0.1, 0.15) is 5.82 Å². The molecule has 0 bridgehead atoms. The fourth-order valence-corrected chi connectivity index (χ4v) is 3.27. The first kappa shape index (κ1) is 16.8. The first-order valence-electron chi connectivity index (χ1n) is 5.87. The van der Waals surface area contributed by atoms with Crippen LogP contribution in [0.25, 0.3) is 0 Å². The first-order chi connectivity index (χ1) is 10.1. The van der Waals surface area contributed by atoms with E-state index in [2.05, 4.69) is 9.71 Å². The van der Waals surface area contributed by atoms with Gasteiger partial charge >= 0.3 is 6.18 Å². The van der Waals surface area contributed by atoms with E-state index in [0.29, 0.717) is 11.8 Å². The van der Waals surface area contributed by atoms with Crippen LogP contribution < -0.4 is 4.72 Å². The number of aryl methyl sites for hydroxylation is 1. The summed E-state index contributed by atoms with van der Waals surface area (Å²) >= 11 is 1.31. The summed E-state index contributed by atoms with van der Waals surface area (Å²) in [6.45, 7) is 1.57. The number of thiazole rings is 1. The van der Waals surface area contributed by atoms with Gasteiger partial charge in [0.15, 0.2) is 0 Å². The molecule has 0 unspecified atom stereocenters. The normalized spacial score (nSPS) is 12.6. The van der Waals surface area contributed by atoms with Crippen molar-refractivity contribution in [1.82, 2.24) is 9.71 Å². The summed E-state index contributed by atoms with van der Waals surface area (Å²) < 4.78 is 77.1. The zero-order valence-corrected chi connectivity index (χ0v) is 12.7. The van der Waals surface area contributed by atoms with Crippen LogP contribution in [0, 0.1) is 12.7 Å². The molecule has 1 aromatic carbocycles. The molecule has 1 heterocycles. The molecular weight excluding hydrogens is 344 g/mol. The van der Waals surface area contributed by atoms with Crippen molar-refractivity contribution in [2.24, 2.45) is 0 Å². The van der Waals surface area contributed by atoms with Gasteiger partial charge in [0.2, 0.25) is 10.0 Å². The van der Waals surface area contributed by atoms with Gasteiger partial charge < -0.3 is 0 Å². The molecule has 0 spiro atoms. The molecule has 4 nitrogen and oxygen atoms in total. The molecule has 0 amide bonds. The Hall–Kier alpha value is -1.52. The minimum atomic E-state index is -4.97. The number of aromatic nitrogens is 1. The number of hydrogen-bond donors (Lipinski definition) is 1. The highest BCUT2D eigenvalue weighted by atomic mass is 32.2. The van der Waals surface area contributed by atoms with Crippen molar-refractivity contribution in [3.8, 4) is 0 Å². The maximum atomic E-state index is 13.2. The van der Waals surface area contributed by atoms with Gasteiger partial charge in [-0.15, -0.1) is 11.3 Å². The van der Waals surface area contributed by atoms with Crippen LogP contribution in [-0.2, 0) is 22.7 Å². The number of sulfonamides is 1. The van der Waals surface area contributed by atoms with Crippen LogP contribution in [0.4, 0.5) is 17.6 Å². The molecule has 0 aliphatic carbocycles. The van der Waals surface area contributed by atoms with Crippen LogP contribution in [-0.4, -0.2) is 13.4 Å². The summed E-state index contributed by atoms with van der Waals surface area (Å²) in [7, 11) is -4.20. The van der Waals surface area contributed by atoms with Gasteiger partial charge in [-0.25, -0.2) is 22.5 Å². The van der Waals surface area contributed by atoms with Crippen LogP contribution in [0.3, 0.4) is 0 Å². The van der Waals surface area contributed by atoms with Gasteiger partial charge in [-0.3, -0.25) is 0 Å². The standard InChI is InChI=1S/C12H10F4N2O2S2/c1-7-18-8(6-21-7)5-17-22(19,20)9-2-3-11(13)10(4-9)12(14,15)16/h2-4,6,17H,5H2,1H3. The molecule has 0 saturated carbocycles. The first-order valence-corrected chi connectivity index (χ1v) is 8.23. The third kappa shape index (κ3) is 3.81. The lowest BCUT2D eigenvalue weighted by atomic mass is 10.2. The number of alkyl halides is 3. The predicted molar refractivity (Wildman–Crippen MR) is 72.3 cm³/mol. The second-order valence-electron chi connectivity index (χ2n) is 4.32. The maximum Gasteiger partial charge on any atom is 0.419 e. The summed E-state index contributed by atoms with van der Waals surface area (Å²) in [5.41, 5.74) is -1.18. The van der Waals surface area contributed by atoms with E-state index >= 15 is 0 Å². The molecule has 1 aromatic heterocycles. The van der Waals surface area contributed by atoms with Crippen LogP contribution in [0.5, 0.6) is 0 Å². The fraction of sp³-hybridized carbons (Fsp3) is 0.250. The number of benzene rings is 1. The van der Waals surface area contributed by atoms with E-state index in [1.54, 1.807) is 12.3 Å². The Labute approximate surface area is 127 Å². The van der Waals surface area contributed by atoms with Crippen LogP contribution >= 0.6 is 11.3 Å². The van der Waals surface area contributed by atoms with Crippen molar-refractivity contribution in [2.75, 3.05) is 0 Å². The Kier molecular flexibility index (Phi) is 4.54. The highest BCUT2D eigenvalue weighted by Crippen LogP contribution is 2.32. The van der Waals surface area contributed by atoms with E-state index in [1.165, 1.54) is 11.3 Å². The van der Waals surface area contributed by atoms with Crippen LogP contribution in [0.15, 0.2) is 28.5 Å². The fourth-order valence-electron chi connectivity index (χ4n) is 1.63. The van der Waals surface area contributed by atoms with E-state index < -0.39 is 32.5 Å². The predicted octanol–water partition coefficient (Wildman–Crippen LogP) is 3.09. The molecule has 0 radical (unpaired) electrons. The van der Waals surface area contributed by atoms with Crippen molar-refractivity contribution in [3.63, 3.8) is 0 Å². The van der Waals surface area contributed by atoms with Crippen LogP contribution in [0.1, 0.15) is 16.3 Å². The number of halogens is 4. The summed E-state index contributed by atoms with van der Waals surface area (Å²) in [5.74, 6) is -1.53. The lowest BCUT2D eigenvalue weighted by Crippen LogP contribution is -2.24. The summed E-state index contributed by atoms with van der Waals surface area (Å²) in [6.07, 6.45) is -4.97. The highest BCUT2D eigenvalue weighted by molar-refractivity contribution is 7.89. The number of nitrogens with zero attached hydrogens (tertiary/aromatic N) is 1. The minimum Gasteiger partial charge on any atom is -0.245 e. The lowest BCUT2D eigenvalue weighted by Gasteiger charge is -2.11. The number of hydrogen-bond acceptors (Lipinski definition) is 4. The van der Waals surface area contributed by atoms with Gasteiger partial charge in [-0.1, -0.05) is 0 Å². The van der Waals surface area contributed by atoms with Crippen molar-refractivity contribution in [1.29, 1.82) is 0 Å². The second-order valence-corrected chi connectivity index (χ2v) is 7.15. The highest BCUT2D eigenvalue weighted by Gasteiger charge is 2.35. The molecule has 0 fully saturated rings. The third-order valence-corrected chi connectivity index (χ3v) is 4.88. The minimum absolute atomic E-state index is 0.161. The molecule has 120 valence electrons. The van der Waals surface area contributed by atoms with Gasteiger partial charge in [0.05, 0.1) is 27.7 Å². The molecule has 2 aromatic rings. The average molecular weight is 354 g/mol. The van der Waals surface area contributed by atoms with Crippen molar-refractivity contribution in [2.45, 2.75) is 24.5 Å². The summed E-state index contributed by atoms with van der Waals surface area (Å²) in [6, 6.07) is 1.52. The average Bonchev–Trinajstić information content (AvgIpc) is 2.81. The van der Waals surface area contributed by atoms with Gasteiger partial charge in [0.25, 0.3) is 0 Å². The molecule has 0 aliphatic heterocycles. The largest absolute Gasteiger partial charge is 0.419 e. The Bertz CT molecular complexity index is 785. The topological polar surface area (TPSA) is 59.1 Å². The van der Waals surface area contributed by atoms with Crippen molar-refractivity contribution in [3.05, 3.63) is 45.7 Å².